The lowest BCUT2D eigenvalue weighted by Crippen LogP contribution is -2.22. The molecule has 2 heteroatoms. The van der Waals surface area contributed by atoms with Crippen LogP contribution in [0.1, 0.15) is 52.4 Å². The average molecular weight is 224 g/mol. The number of rotatable bonds is 5. The third-order valence-electron chi connectivity index (χ3n) is 2.69. The second-order valence-corrected chi connectivity index (χ2v) is 4.75. The molecule has 1 rings (SSSR count). The molecule has 1 atom stereocenters. The van der Waals surface area contributed by atoms with E-state index in [2.05, 4.69) is 25.7 Å². The maximum Gasteiger partial charge on any atom is 0.158 e. The van der Waals surface area contributed by atoms with Gasteiger partial charge in [0, 0.05) is 13.0 Å². The van der Waals surface area contributed by atoms with Gasteiger partial charge in [-0.1, -0.05) is 26.2 Å². The normalized spacial score (nSPS) is 20.6. The molecule has 0 spiro atoms. The third-order valence-corrected chi connectivity index (χ3v) is 2.69. The standard InChI is InChI=1S/C14H24O2/c1-13(2)9-5-3-4-7-11-15-14-10-6-8-12-16-14/h13-14H,3,5-6,8-12H2,1-2H3. The van der Waals surface area contributed by atoms with E-state index >= 15 is 0 Å². The zero-order valence-corrected chi connectivity index (χ0v) is 10.6. The summed E-state index contributed by atoms with van der Waals surface area (Å²) in [6.45, 7) is 5.85. The lowest BCUT2D eigenvalue weighted by molar-refractivity contribution is -0.154. The smallest absolute Gasteiger partial charge is 0.158 e. The predicted molar refractivity (Wildman–Crippen MR) is 66.0 cm³/mol. The molecule has 16 heavy (non-hydrogen) atoms. The summed E-state index contributed by atoms with van der Waals surface area (Å²) in [6, 6.07) is 0. The molecular weight excluding hydrogens is 200 g/mol. The average Bonchev–Trinajstić information content (AvgIpc) is 2.29. The molecule has 1 saturated heterocycles. The highest BCUT2D eigenvalue weighted by atomic mass is 16.7. The Morgan fingerprint density at radius 1 is 1.31 bits per heavy atom. The quantitative estimate of drug-likeness (QED) is 0.526. The van der Waals surface area contributed by atoms with Gasteiger partial charge in [-0.2, -0.15) is 0 Å². The maximum atomic E-state index is 5.51. The van der Waals surface area contributed by atoms with Crippen molar-refractivity contribution in [3.63, 3.8) is 0 Å². The fourth-order valence-corrected chi connectivity index (χ4v) is 1.72. The van der Waals surface area contributed by atoms with Crippen LogP contribution in [0, 0.1) is 17.8 Å². The van der Waals surface area contributed by atoms with Gasteiger partial charge >= 0.3 is 0 Å². The van der Waals surface area contributed by atoms with Crippen molar-refractivity contribution in [2.45, 2.75) is 58.7 Å². The molecule has 0 aliphatic carbocycles. The van der Waals surface area contributed by atoms with Crippen LogP contribution in [0.15, 0.2) is 0 Å². The van der Waals surface area contributed by atoms with Gasteiger partial charge in [0.15, 0.2) is 6.29 Å². The maximum absolute atomic E-state index is 5.51. The van der Waals surface area contributed by atoms with Crippen LogP contribution in [0.3, 0.4) is 0 Å². The molecule has 2 nitrogen and oxygen atoms in total. The highest BCUT2D eigenvalue weighted by Gasteiger charge is 2.12. The molecule has 1 aliphatic heterocycles. The van der Waals surface area contributed by atoms with Crippen LogP contribution in [0.4, 0.5) is 0 Å². The highest BCUT2D eigenvalue weighted by molar-refractivity contribution is 4.98. The van der Waals surface area contributed by atoms with Crippen LogP contribution in [-0.2, 0) is 9.47 Å². The van der Waals surface area contributed by atoms with Gasteiger partial charge in [0.2, 0.25) is 0 Å². The van der Waals surface area contributed by atoms with Gasteiger partial charge in [-0.3, -0.25) is 0 Å². The van der Waals surface area contributed by atoms with Gasteiger partial charge in [-0.05, 0) is 31.6 Å². The van der Waals surface area contributed by atoms with Crippen molar-refractivity contribution in [1.29, 1.82) is 0 Å². The zero-order valence-electron chi connectivity index (χ0n) is 10.6. The lowest BCUT2D eigenvalue weighted by Gasteiger charge is -2.21. The Hall–Kier alpha value is -0.520. The molecule has 1 heterocycles. The van der Waals surface area contributed by atoms with Gasteiger partial charge in [-0.25, -0.2) is 0 Å². The first-order valence-corrected chi connectivity index (χ1v) is 6.48. The Kier molecular flexibility index (Phi) is 7.29. The summed E-state index contributed by atoms with van der Waals surface area (Å²) >= 11 is 0. The summed E-state index contributed by atoms with van der Waals surface area (Å²) in [5.74, 6) is 6.99. The van der Waals surface area contributed by atoms with Crippen molar-refractivity contribution in [3.05, 3.63) is 0 Å². The summed E-state index contributed by atoms with van der Waals surface area (Å²) in [5.41, 5.74) is 0. The van der Waals surface area contributed by atoms with Gasteiger partial charge < -0.3 is 9.47 Å². The van der Waals surface area contributed by atoms with E-state index in [9.17, 15) is 0 Å². The highest BCUT2D eigenvalue weighted by Crippen LogP contribution is 2.13. The Morgan fingerprint density at radius 2 is 2.19 bits per heavy atom. The molecule has 1 aliphatic rings. The number of unbranched alkanes of at least 4 members (excludes halogenated alkanes) is 1. The SMILES string of the molecule is CC(C)CCCC#CCOC1CCCCO1. The van der Waals surface area contributed by atoms with E-state index in [1.807, 2.05) is 0 Å². The minimum Gasteiger partial charge on any atom is -0.353 e. The molecule has 0 bridgehead atoms. The van der Waals surface area contributed by atoms with Crippen LogP contribution < -0.4 is 0 Å². The molecule has 0 aromatic rings. The van der Waals surface area contributed by atoms with E-state index in [4.69, 9.17) is 9.47 Å². The van der Waals surface area contributed by atoms with E-state index in [1.165, 1.54) is 25.7 Å². The van der Waals surface area contributed by atoms with Crippen molar-refractivity contribution in [2.75, 3.05) is 13.2 Å². The first-order chi connectivity index (χ1) is 7.79. The molecule has 92 valence electrons. The fraction of sp³-hybridized carbons (Fsp3) is 0.857. The summed E-state index contributed by atoms with van der Waals surface area (Å²) < 4.78 is 11.0. The Balaban J connectivity index is 1.95. The van der Waals surface area contributed by atoms with Gasteiger partial charge in [-0.15, -0.1) is 5.92 Å². The molecule has 0 aromatic heterocycles. The van der Waals surface area contributed by atoms with E-state index in [0.717, 1.165) is 25.4 Å². The monoisotopic (exact) mass is 224 g/mol. The van der Waals surface area contributed by atoms with Crippen molar-refractivity contribution in [1.82, 2.24) is 0 Å². The third kappa shape index (κ3) is 6.87. The second-order valence-electron chi connectivity index (χ2n) is 4.75. The molecule has 0 N–H and O–H groups in total. The second kappa shape index (κ2) is 8.61. The number of ether oxygens (including phenoxy) is 2. The fourth-order valence-electron chi connectivity index (χ4n) is 1.72. The topological polar surface area (TPSA) is 18.5 Å². The van der Waals surface area contributed by atoms with Crippen molar-refractivity contribution >= 4 is 0 Å². The van der Waals surface area contributed by atoms with Gasteiger partial charge in [0.05, 0.1) is 0 Å². The largest absolute Gasteiger partial charge is 0.353 e. The summed E-state index contributed by atoms with van der Waals surface area (Å²) in [6.07, 6.45) is 6.86. The van der Waals surface area contributed by atoms with E-state index in [-0.39, 0.29) is 6.29 Å². The van der Waals surface area contributed by atoms with Crippen LogP contribution in [0.2, 0.25) is 0 Å². The molecule has 0 aromatic carbocycles. The molecule has 0 saturated carbocycles. The Labute approximate surface area is 99.7 Å². The van der Waals surface area contributed by atoms with Crippen molar-refractivity contribution < 1.29 is 9.47 Å². The summed E-state index contributed by atoms with van der Waals surface area (Å²) in [7, 11) is 0. The van der Waals surface area contributed by atoms with Gasteiger partial charge in [0.1, 0.15) is 6.61 Å². The van der Waals surface area contributed by atoms with Crippen LogP contribution >= 0.6 is 0 Å². The zero-order chi connectivity index (χ0) is 11.6. The van der Waals surface area contributed by atoms with Crippen molar-refractivity contribution in [3.8, 4) is 11.8 Å². The van der Waals surface area contributed by atoms with Gasteiger partial charge in [0.25, 0.3) is 0 Å². The molecular formula is C14H24O2. The first kappa shape index (κ1) is 13.5. The lowest BCUT2D eigenvalue weighted by atomic mass is 10.1. The molecule has 1 unspecified atom stereocenters. The number of hydrogen-bond donors (Lipinski definition) is 0. The minimum absolute atomic E-state index is 0.00119. The van der Waals surface area contributed by atoms with Crippen molar-refractivity contribution in [2.24, 2.45) is 5.92 Å². The van der Waals surface area contributed by atoms with Crippen LogP contribution in [-0.4, -0.2) is 19.5 Å². The minimum atomic E-state index is -0.00119. The molecule has 0 amide bonds. The van der Waals surface area contributed by atoms with E-state index < -0.39 is 0 Å². The first-order valence-electron chi connectivity index (χ1n) is 6.48. The van der Waals surface area contributed by atoms with Crippen LogP contribution in [0.5, 0.6) is 0 Å². The van der Waals surface area contributed by atoms with E-state index in [1.54, 1.807) is 0 Å². The Bertz CT molecular complexity index is 219. The Morgan fingerprint density at radius 3 is 2.88 bits per heavy atom. The molecule has 0 radical (unpaired) electrons. The summed E-state index contributed by atoms with van der Waals surface area (Å²) in [4.78, 5) is 0. The number of hydrogen-bond acceptors (Lipinski definition) is 2. The van der Waals surface area contributed by atoms with E-state index in [0.29, 0.717) is 6.61 Å². The van der Waals surface area contributed by atoms with Crippen LogP contribution in [0.25, 0.3) is 0 Å². The molecule has 1 fully saturated rings. The predicted octanol–water partition coefficient (Wildman–Crippen LogP) is 3.36. The summed E-state index contributed by atoms with van der Waals surface area (Å²) in [5, 5.41) is 0.